The highest BCUT2D eigenvalue weighted by molar-refractivity contribution is 5.95. The van der Waals surface area contributed by atoms with Gasteiger partial charge in [0, 0.05) is 16.8 Å². The highest BCUT2D eigenvalue weighted by atomic mass is 16.5. The van der Waals surface area contributed by atoms with Crippen molar-refractivity contribution in [3.63, 3.8) is 0 Å². The van der Waals surface area contributed by atoms with Crippen LogP contribution in [0.2, 0.25) is 0 Å². The van der Waals surface area contributed by atoms with Crippen molar-refractivity contribution in [3.05, 3.63) is 65.4 Å². The number of primary amides is 1. The van der Waals surface area contributed by atoms with E-state index in [4.69, 9.17) is 10.5 Å². The second-order valence-electron chi connectivity index (χ2n) is 6.42. The summed E-state index contributed by atoms with van der Waals surface area (Å²) in [6, 6.07) is 13.4. The number of amides is 1. The van der Waals surface area contributed by atoms with Crippen LogP contribution in [0.4, 0.5) is 5.95 Å². The van der Waals surface area contributed by atoms with Crippen molar-refractivity contribution < 1.29 is 14.6 Å². The maximum atomic E-state index is 12.3. The molecule has 0 saturated carbocycles. The SMILES string of the molecule is COc1ccccc1C1C(C(N)=O)=C(C)Nc2nc(-c3ccc(O)cc3)nn21. The van der Waals surface area contributed by atoms with Crippen LogP contribution in [0.5, 0.6) is 11.5 Å². The molecular weight excluding hydrogens is 358 g/mol. The van der Waals surface area contributed by atoms with Crippen molar-refractivity contribution in [2.45, 2.75) is 13.0 Å². The van der Waals surface area contributed by atoms with E-state index < -0.39 is 11.9 Å². The van der Waals surface area contributed by atoms with Gasteiger partial charge < -0.3 is 20.9 Å². The zero-order valence-electron chi connectivity index (χ0n) is 15.4. The van der Waals surface area contributed by atoms with Gasteiger partial charge in [-0.25, -0.2) is 4.68 Å². The van der Waals surface area contributed by atoms with Crippen LogP contribution in [0.25, 0.3) is 11.4 Å². The van der Waals surface area contributed by atoms with E-state index >= 15 is 0 Å². The summed E-state index contributed by atoms with van der Waals surface area (Å²) in [7, 11) is 1.57. The fourth-order valence-corrected chi connectivity index (χ4v) is 3.38. The number of para-hydroxylation sites is 1. The van der Waals surface area contributed by atoms with Crippen LogP contribution in [-0.2, 0) is 4.79 Å². The van der Waals surface area contributed by atoms with Gasteiger partial charge in [-0.05, 0) is 37.3 Å². The molecule has 0 bridgehead atoms. The van der Waals surface area contributed by atoms with Crippen LogP contribution >= 0.6 is 0 Å². The van der Waals surface area contributed by atoms with Gasteiger partial charge in [0.15, 0.2) is 5.82 Å². The van der Waals surface area contributed by atoms with Crippen molar-refractivity contribution in [1.82, 2.24) is 14.8 Å². The third-order valence-electron chi connectivity index (χ3n) is 4.68. The molecule has 1 aromatic heterocycles. The first-order valence-electron chi connectivity index (χ1n) is 8.66. The standard InChI is InChI=1S/C20H19N5O3/c1-11-16(18(21)27)17(14-5-3-4-6-15(14)28-2)25-20(22-11)23-19(24-25)12-7-9-13(26)10-8-12/h3-10,17,26H,1-2H3,(H2,21,27)(H,22,23,24). The van der Waals surface area contributed by atoms with Crippen molar-refractivity contribution in [1.29, 1.82) is 0 Å². The number of aromatic nitrogens is 3. The van der Waals surface area contributed by atoms with Gasteiger partial charge in [0.1, 0.15) is 17.5 Å². The first-order chi connectivity index (χ1) is 13.5. The first kappa shape index (κ1) is 17.6. The summed E-state index contributed by atoms with van der Waals surface area (Å²) in [5.41, 5.74) is 8.19. The number of methoxy groups -OCH3 is 1. The number of phenolic OH excluding ortho intramolecular Hbond substituents is 1. The van der Waals surface area contributed by atoms with Crippen LogP contribution in [0.3, 0.4) is 0 Å². The van der Waals surface area contributed by atoms with Crippen LogP contribution in [0.15, 0.2) is 59.8 Å². The molecular formula is C20H19N5O3. The molecule has 1 aliphatic heterocycles. The fourth-order valence-electron chi connectivity index (χ4n) is 3.38. The predicted molar refractivity (Wildman–Crippen MR) is 104 cm³/mol. The van der Waals surface area contributed by atoms with E-state index in [1.165, 1.54) is 0 Å². The molecule has 4 rings (SSSR count). The number of ether oxygens (including phenoxy) is 1. The molecule has 0 saturated heterocycles. The molecule has 142 valence electrons. The second-order valence-corrected chi connectivity index (χ2v) is 6.42. The van der Waals surface area contributed by atoms with Gasteiger partial charge in [0.05, 0.1) is 12.7 Å². The molecule has 8 nitrogen and oxygen atoms in total. The van der Waals surface area contributed by atoms with Gasteiger partial charge in [-0.3, -0.25) is 4.79 Å². The van der Waals surface area contributed by atoms with Crippen LogP contribution < -0.4 is 15.8 Å². The Bertz CT molecular complexity index is 1090. The number of hydrogen-bond donors (Lipinski definition) is 3. The van der Waals surface area contributed by atoms with Crippen molar-refractivity contribution >= 4 is 11.9 Å². The second kappa shape index (κ2) is 6.73. The minimum absolute atomic E-state index is 0.159. The van der Waals surface area contributed by atoms with Crippen LogP contribution in [-0.4, -0.2) is 32.9 Å². The monoisotopic (exact) mass is 377 g/mol. The van der Waals surface area contributed by atoms with Gasteiger partial charge in [-0.15, -0.1) is 5.10 Å². The number of nitrogens with zero attached hydrogens (tertiary/aromatic N) is 3. The number of anilines is 1. The highest BCUT2D eigenvalue weighted by Crippen LogP contribution is 2.39. The van der Waals surface area contributed by atoms with Gasteiger partial charge in [0.2, 0.25) is 11.9 Å². The zero-order chi connectivity index (χ0) is 19.8. The number of allylic oxidation sites excluding steroid dienone is 1. The number of phenols is 1. The molecule has 3 aromatic rings. The van der Waals surface area contributed by atoms with Gasteiger partial charge in [0.25, 0.3) is 0 Å². The average Bonchev–Trinajstić information content (AvgIpc) is 3.10. The van der Waals surface area contributed by atoms with E-state index in [1.807, 2.05) is 24.3 Å². The largest absolute Gasteiger partial charge is 0.508 e. The number of benzene rings is 2. The molecule has 0 aliphatic carbocycles. The smallest absolute Gasteiger partial charge is 0.248 e. The number of fused-ring (bicyclic) bond motifs is 1. The van der Waals surface area contributed by atoms with Crippen molar-refractivity contribution in [3.8, 4) is 22.9 Å². The molecule has 1 aliphatic rings. The number of carbonyl (C=O) groups is 1. The zero-order valence-corrected chi connectivity index (χ0v) is 15.4. The Labute approximate surface area is 161 Å². The number of nitrogens with two attached hydrogens (primary N) is 1. The number of carbonyl (C=O) groups excluding carboxylic acids is 1. The first-order valence-corrected chi connectivity index (χ1v) is 8.66. The Morgan fingerprint density at radius 3 is 2.61 bits per heavy atom. The van der Waals surface area contributed by atoms with Gasteiger partial charge >= 0.3 is 0 Å². The van der Waals surface area contributed by atoms with E-state index in [2.05, 4.69) is 15.4 Å². The lowest BCUT2D eigenvalue weighted by molar-refractivity contribution is -0.115. The molecule has 1 amide bonds. The number of aromatic hydroxyl groups is 1. The van der Waals surface area contributed by atoms with E-state index in [1.54, 1.807) is 43.0 Å². The van der Waals surface area contributed by atoms with Crippen LogP contribution in [0, 0.1) is 0 Å². The lowest BCUT2D eigenvalue weighted by atomic mass is 9.94. The van der Waals surface area contributed by atoms with Crippen LogP contribution in [0.1, 0.15) is 18.5 Å². The lowest BCUT2D eigenvalue weighted by Crippen LogP contribution is -2.32. The summed E-state index contributed by atoms with van der Waals surface area (Å²) in [5, 5.41) is 17.2. The molecule has 4 N–H and O–H groups in total. The summed E-state index contributed by atoms with van der Waals surface area (Å²) in [4.78, 5) is 16.8. The lowest BCUT2D eigenvalue weighted by Gasteiger charge is -2.28. The van der Waals surface area contributed by atoms with Crippen molar-refractivity contribution in [2.75, 3.05) is 12.4 Å². The minimum atomic E-state index is -0.580. The number of hydrogen-bond acceptors (Lipinski definition) is 6. The molecule has 8 heteroatoms. The molecule has 1 atom stereocenters. The van der Waals surface area contributed by atoms with Gasteiger partial charge in [-0.2, -0.15) is 4.98 Å². The Morgan fingerprint density at radius 2 is 1.93 bits per heavy atom. The maximum absolute atomic E-state index is 12.3. The van der Waals surface area contributed by atoms with E-state index in [0.29, 0.717) is 28.8 Å². The van der Waals surface area contributed by atoms with E-state index in [-0.39, 0.29) is 5.75 Å². The number of rotatable bonds is 4. The topological polar surface area (TPSA) is 115 Å². The Morgan fingerprint density at radius 1 is 1.21 bits per heavy atom. The summed E-state index contributed by atoms with van der Waals surface area (Å²) < 4.78 is 7.13. The van der Waals surface area contributed by atoms with Crippen molar-refractivity contribution in [2.24, 2.45) is 5.73 Å². The quantitative estimate of drug-likeness (QED) is 0.643. The summed E-state index contributed by atoms with van der Waals surface area (Å²) in [5.74, 6) is 1.18. The normalized spacial score (nSPS) is 15.7. The Kier molecular flexibility index (Phi) is 4.23. The Hall–Kier alpha value is -3.81. The molecule has 2 aromatic carbocycles. The number of nitrogens with one attached hydrogen (secondary N) is 1. The Balaban J connectivity index is 1.90. The summed E-state index contributed by atoms with van der Waals surface area (Å²) >= 11 is 0. The third-order valence-corrected chi connectivity index (χ3v) is 4.68. The average molecular weight is 377 g/mol. The molecule has 0 spiro atoms. The summed E-state index contributed by atoms with van der Waals surface area (Å²) in [6.45, 7) is 1.78. The fraction of sp³-hybridized carbons (Fsp3) is 0.150. The maximum Gasteiger partial charge on any atom is 0.248 e. The molecule has 0 fully saturated rings. The van der Waals surface area contributed by atoms with E-state index in [0.717, 1.165) is 11.1 Å². The molecule has 0 radical (unpaired) electrons. The highest BCUT2D eigenvalue weighted by Gasteiger charge is 2.34. The summed E-state index contributed by atoms with van der Waals surface area (Å²) in [6.07, 6.45) is 0. The molecule has 28 heavy (non-hydrogen) atoms. The molecule has 1 unspecified atom stereocenters. The van der Waals surface area contributed by atoms with Gasteiger partial charge in [-0.1, -0.05) is 18.2 Å². The predicted octanol–water partition coefficient (Wildman–Crippen LogP) is 2.43. The van der Waals surface area contributed by atoms with E-state index in [9.17, 15) is 9.90 Å². The third kappa shape index (κ3) is 2.84. The minimum Gasteiger partial charge on any atom is -0.508 e. The molecule has 2 heterocycles.